The van der Waals surface area contributed by atoms with Crippen molar-refractivity contribution in [2.75, 3.05) is 0 Å². The second-order valence-corrected chi connectivity index (χ2v) is 5.30. The summed E-state index contributed by atoms with van der Waals surface area (Å²) >= 11 is 0. The van der Waals surface area contributed by atoms with Crippen LogP contribution in [0.2, 0.25) is 0 Å². The number of urea groups is 1. The second kappa shape index (κ2) is 5.53. The van der Waals surface area contributed by atoms with Gasteiger partial charge in [0, 0.05) is 11.6 Å². The normalized spacial score (nSPS) is 24.2. The highest BCUT2D eigenvalue weighted by atomic mass is 16.6. The molecule has 1 saturated heterocycles. The van der Waals surface area contributed by atoms with Gasteiger partial charge in [-0.2, -0.15) is 0 Å². The Hall–Kier alpha value is -2.04. The highest BCUT2D eigenvalue weighted by Crippen LogP contribution is 2.32. The summed E-state index contributed by atoms with van der Waals surface area (Å²) in [5, 5.41) is 2.25. The van der Waals surface area contributed by atoms with Crippen LogP contribution in [0.3, 0.4) is 0 Å². The molecule has 0 bridgehead atoms. The summed E-state index contributed by atoms with van der Waals surface area (Å²) in [6.07, 6.45) is 4.09. The van der Waals surface area contributed by atoms with Crippen molar-refractivity contribution in [2.45, 2.75) is 44.4 Å². The largest absolute Gasteiger partial charge is 0.421 e. The standard InChI is InChI=1S/C15H18N2O3/c18-14-16-15(19)20-13(11-7-3-1-4-8-11)17(14)12-9-5-2-6-10-12/h1,3-4,7-8,12-13H,2,5-6,9-10H2,(H,16,18,19). The molecule has 0 spiro atoms. The van der Waals surface area contributed by atoms with Crippen molar-refractivity contribution in [3.05, 3.63) is 35.9 Å². The maximum atomic E-state index is 12.2. The number of ether oxygens (including phenoxy) is 1. The molecule has 0 radical (unpaired) electrons. The zero-order valence-electron chi connectivity index (χ0n) is 11.2. The number of hydrogen-bond acceptors (Lipinski definition) is 3. The van der Waals surface area contributed by atoms with Crippen molar-refractivity contribution in [3.8, 4) is 0 Å². The van der Waals surface area contributed by atoms with Gasteiger partial charge < -0.3 is 4.74 Å². The first kappa shape index (κ1) is 13.0. The summed E-state index contributed by atoms with van der Waals surface area (Å²) < 4.78 is 5.36. The van der Waals surface area contributed by atoms with E-state index in [2.05, 4.69) is 5.32 Å². The van der Waals surface area contributed by atoms with E-state index in [1.165, 1.54) is 6.42 Å². The number of imide groups is 1. The smallest absolute Gasteiger partial charge is 0.417 e. The Bertz CT molecular complexity index is 497. The molecule has 1 unspecified atom stereocenters. The van der Waals surface area contributed by atoms with Crippen LogP contribution < -0.4 is 5.32 Å². The van der Waals surface area contributed by atoms with Gasteiger partial charge in [-0.1, -0.05) is 49.6 Å². The van der Waals surface area contributed by atoms with Gasteiger partial charge in [0.15, 0.2) is 0 Å². The number of nitrogens with zero attached hydrogens (tertiary/aromatic N) is 1. The predicted octanol–water partition coefficient (Wildman–Crippen LogP) is 3.18. The van der Waals surface area contributed by atoms with Gasteiger partial charge in [0.1, 0.15) is 0 Å². The molecule has 5 nitrogen and oxygen atoms in total. The first-order valence-electron chi connectivity index (χ1n) is 7.10. The molecule has 3 rings (SSSR count). The number of rotatable bonds is 2. The molecule has 2 fully saturated rings. The van der Waals surface area contributed by atoms with E-state index in [-0.39, 0.29) is 12.1 Å². The Balaban J connectivity index is 1.89. The third kappa shape index (κ3) is 2.48. The lowest BCUT2D eigenvalue weighted by molar-refractivity contribution is -0.0363. The minimum absolute atomic E-state index is 0.141. The quantitative estimate of drug-likeness (QED) is 0.901. The third-order valence-electron chi connectivity index (χ3n) is 3.97. The Morgan fingerprint density at radius 1 is 1.05 bits per heavy atom. The average molecular weight is 274 g/mol. The van der Waals surface area contributed by atoms with Crippen molar-refractivity contribution < 1.29 is 14.3 Å². The molecule has 3 amide bonds. The van der Waals surface area contributed by atoms with Gasteiger partial charge in [0.2, 0.25) is 6.23 Å². The van der Waals surface area contributed by atoms with Crippen LogP contribution in [0.5, 0.6) is 0 Å². The Kier molecular flexibility index (Phi) is 3.58. The topological polar surface area (TPSA) is 58.6 Å². The summed E-state index contributed by atoms with van der Waals surface area (Å²) in [4.78, 5) is 25.4. The summed E-state index contributed by atoms with van der Waals surface area (Å²) in [6, 6.07) is 9.23. The number of benzene rings is 1. The molecular weight excluding hydrogens is 256 g/mol. The fraction of sp³-hybridized carbons (Fsp3) is 0.467. The van der Waals surface area contributed by atoms with E-state index in [0.717, 1.165) is 31.2 Å². The van der Waals surface area contributed by atoms with Gasteiger partial charge in [-0.05, 0) is 12.8 Å². The van der Waals surface area contributed by atoms with Crippen molar-refractivity contribution >= 4 is 12.1 Å². The van der Waals surface area contributed by atoms with Gasteiger partial charge in [0.05, 0.1) is 0 Å². The maximum absolute atomic E-state index is 12.2. The molecule has 20 heavy (non-hydrogen) atoms. The second-order valence-electron chi connectivity index (χ2n) is 5.30. The van der Waals surface area contributed by atoms with E-state index in [0.29, 0.717) is 0 Å². The molecule has 5 heteroatoms. The molecule has 1 atom stereocenters. The van der Waals surface area contributed by atoms with Crippen LogP contribution in [0.1, 0.15) is 43.9 Å². The van der Waals surface area contributed by atoms with Crippen LogP contribution in [0.15, 0.2) is 30.3 Å². The summed E-state index contributed by atoms with van der Waals surface area (Å²) in [5.41, 5.74) is 0.835. The predicted molar refractivity (Wildman–Crippen MR) is 72.9 cm³/mol. The molecule has 1 aliphatic carbocycles. The monoisotopic (exact) mass is 274 g/mol. The van der Waals surface area contributed by atoms with Crippen molar-refractivity contribution in [1.82, 2.24) is 10.2 Å². The fourth-order valence-corrected chi connectivity index (χ4v) is 3.01. The molecule has 1 saturated carbocycles. The molecule has 1 heterocycles. The Morgan fingerprint density at radius 2 is 1.75 bits per heavy atom. The highest BCUT2D eigenvalue weighted by molar-refractivity contribution is 5.93. The van der Waals surface area contributed by atoms with Gasteiger partial charge in [-0.3, -0.25) is 4.90 Å². The van der Waals surface area contributed by atoms with Crippen LogP contribution >= 0.6 is 0 Å². The molecular formula is C15H18N2O3. The van der Waals surface area contributed by atoms with E-state index >= 15 is 0 Å². The van der Waals surface area contributed by atoms with Crippen molar-refractivity contribution in [3.63, 3.8) is 0 Å². The Labute approximate surface area is 117 Å². The van der Waals surface area contributed by atoms with Gasteiger partial charge in [-0.25, -0.2) is 14.9 Å². The lowest BCUT2D eigenvalue weighted by Gasteiger charge is -2.41. The zero-order chi connectivity index (χ0) is 13.9. The minimum Gasteiger partial charge on any atom is -0.421 e. The number of alkyl carbamates (subject to hydrolysis) is 1. The number of carbonyl (C=O) groups excluding carboxylic acids is 2. The Morgan fingerprint density at radius 3 is 2.45 bits per heavy atom. The number of nitrogens with one attached hydrogen (secondary N) is 1. The minimum atomic E-state index is -0.670. The zero-order valence-corrected chi connectivity index (χ0v) is 11.2. The molecule has 1 aliphatic heterocycles. The van der Waals surface area contributed by atoms with E-state index in [1.54, 1.807) is 4.90 Å². The van der Waals surface area contributed by atoms with Crippen LogP contribution in [-0.4, -0.2) is 23.1 Å². The molecule has 106 valence electrons. The molecule has 1 aromatic rings. The summed E-state index contributed by atoms with van der Waals surface area (Å²) in [5.74, 6) is 0. The summed E-state index contributed by atoms with van der Waals surface area (Å²) in [7, 11) is 0. The van der Waals surface area contributed by atoms with Gasteiger partial charge >= 0.3 is 12.1 Å². The van der Waals surface area contributed by atoms with Gasteiger partial charge in [-0.15, -0.1) is 0 Å². The number of hydrogen-bond donors (Lipinski definition) is 1. The van der Waals surface area contributed by atoms with E-state index in [4.69, 9.17) is 4.74 Å². The SMILES string of the molecule is O=C1NC(=O)N(C2CCCCC2)C(c2ccccc2)O1. The first-order chi connectivity index (χ1) is 9.75. The molecule has 2 aliphatic rings. The van der Waals surface area contributed by atoms with Crippen molar-refractivity contribution in [2.24, 2.45) is 0 Å². The number of amides is 3. The molecule has 0 aromatic heterocycles. The third-order valence-corrected chi connectivity index (χ3v) is 3.97. The molecule has 1 aromatic carbocycles. The van der Waals surface area contributed by atoms with E-state index < -0.39 is 12.3 Å². The number of cyclic esters (lactones) is 1. The van der Waals surface area contributed by atoms with Crippen LogP contribution in [-0.2, 0) is 4.74 Å². The number of carbonyl (C=O) groups is 2. The first-order valence-corrected chi connectivity index (χ1v) is 7.10. The van der Waals surface area contributed by atoms with Crippen molar-refractivity contribution in [1.29, 1.82) is 0 Å². The highest BCUT2D eigenvalue weighted by Gasteiger charge is 2.39. The average Bonchev–Trinajstić information content (AvgIpc) is 2.48. The lowest BCUT2D eigenvalue weighted by Crippen LogP contribution is -2.56. The van der Waals surface area contributed by atoms with Crippen LogP contribution in [0.25, 0.3) is 0 Å². The fourth-order valence-electron chi connectivity index (χ4n) is 3.01. The van der Waals surface area contributed by atoms with Crippen LogP contribution in [0, 0.1) is 0 Å². The maximum Gasteiger partial charge on any atom is 0.417 e. The van der Waals surface area contributed by atoms with Crippen LogP contribution in [0.4, 0.5) is 9.59 Å². The van der Waals surface area contributed by atoms with E-state index in [9.17, 15) is 9.59 Å². The van der Waals surface area contributed by atoms with E-state index in [1.807, 2.05) is 30.3 Å². The lowest BCUT2D eigenvalue weighted by atomic mass is 9.93. The summed E-state index contributed by atoms with van der Waals surface area (Å²) in [6.45, 7) is 0. The van der Waals surface area contributed by atoms with Gasteiger partial charge in [0.25, 0.3) is 0 Å². The molecule has 1 N–H and O–H groups in total.